The second-order valence-corrected chi connectivity index (χ2v) is 9.47. The number of nitro groups is 1. The van der Waals surface area contributed by atoms with E-state index >= 15 is 0 Å². The molecule has 12 heteroatoms. The van der Waals surface area contributed by atoms with Crippen LogP contribution < -0.4 is 9.46 Å². The Balaban J connectivity index is 2.34. The fourth-order valence-corrected chi connectivity index (χ4v) is 4.45. The molecule has 0 spiro atoms. The average molecular weight is 444 g/mol. The normalized spacial score (nSPS) is 14.2. The molecule has 2 atom stereocenters. The van der Waals surface area contributed by atoms with E-state index in [1.54, 1.807) is 18.2 Å². The lowest BCUT2D eigenvalue weighted by Gasteiger charge is -2.24. The van der Waals surface area contributed by atoms with Crippen molar-refractivity contribution in [3.63, 3.8) is 0 Å². The van der Waals surface area contributed by atoms with Crippen molar-refractivity contribution in [2.45, 2.75) is 24.0 Å². The zero-order chi connectivity index (χ0) is 21.8. The number of benzene rings is 2. The minimum atomic E-state index is -4.10. The van der Waals surface area contributed by atoms with Crippen LogP contribution in [0.25, 0.3) is 0 Å². The maximum atomic E-state index is 12.6. The first-order valence-electron chi connectivity index (χ1n) is 8.22. The van der Waals surface area contributed by atoms with E-state index in [0.717, 1.165) is 30.5 Å². The Morgan fingerprint density at radius 3 is 2.21 bits per heavy atom. The van der Waals surface area contributed by atoms with Gasteiger partial charge in [0.25, 0.3) is 15.8 Å². The van der Waals surface area contributed by atoms with Crippen molar-refractivity contribution in [3.8, 4) is 5.75 Å². The number of sulfonamides is 1. The summed E-state index contributed by atoms with van der Waals surface area (Å²) in [4.78, 5) is 9.87. The first-order valence-corrected chi connectivity index (χ1v) is 11.5. The predicted octanol–water partition coefficient (Wildman–Crippen LogP) is 1.99. The number of methoxy groups -OCH3 is 1. The van der Waals surface area contributed by atoms with Gasteiger partial charge in [-0.25, -0.2) is 13.1 Å². The zero-order valence-electron chi connectivity index (χ0n) is 15.8. The van der Waals surface area contributed by atoms with Gasteiger partial charge in [-0.15, -0.1) is 0 Å². The highest BCUT2D eigenvalue weighted by Gasteiger charge is 2.29. The summed E-state index contributed by atoms with van der Waals surface area (Å²) in [6.45, 7) is 1.44. The maximum Gasteiger partial charge on any atom is 0.269 e. The zero-order valence-corrected chi connectivity index (χ0v) is 17.4. The first kappa shape index (κ1) is 22.7. The third kappa shape index (κ3) is 6.22. The Hall–Kier alpha value is -2.54. The van der Waals surface area contributed by atoms with E-state index in [1.165, 1.54) is 20.1 Å². The van der Waals surface area contributed by atoms with Crippen molar-refractivity contribution in [2.75, 3.05) is 13.4 Å². The molecule has 29 heavy (non-hydrogen) atoms. The van der Waals surface area contributed by atoms with Gasteiger partial charge in [0.1, 0.15) is 11.9 Å². The van der Waals surface area contributed by atoms with E-state index in [-0.39, 0.29) is 10.6 Å². The fraction of sp³-hybridized carbons (Fsp3) is 0.294. The molecule has 158 valence electrons. The Labute approximate surface area is 168 Å². The van der Waals surface area contributed by atoms with Gasteiger partial charge >= 0.3 is 0 Å². The van der Waals surface area contributed by atoms with Gasteiger partial charge in [-0.05, 0) is 36.8 Å². The molecule has 2 unspecified atom stereocenters. The molecular formula is C17H20N2O8S2. The van der Waals surface area contributed by atoms with Gasteiger partial charge in [0, 0.05) is 12.1 Å². The molecule has 2 aromatic rings. The summed E-state index contributed by atoms with van der Waals surface area (Å²) in [6.07, 6.45) is -0.314. The summed E-state index contributed by atoms with van der Waals surface area (Å²) in [5, 5.41) is 10.7. The maximum absolute atomic E-state index is 12.6. The average Bonchev–Trinajstić information content (AvgIpc) is 2.65. The van der Waals surface area contributed by atoms with Crippen molar-refractivity contribution in [1.29, 1.82) is 0 Å². The van der Waals surface area contributed by atoms with Gasteiger partial charge in [-0.2, -0.15) is 8.42 Å². The van der Waals surface area contributed by atoms with Crippen LogP contribution in [0.1, 0.15) is 18.6 Å². The van der Waals surface area contributed by atoms with Gasteiger partial charge in [0.15, 0.2) is 0 Å². The summed E-state index contributed by atoms with van der Waals surface area (Å²) in [6, 6.07) is 9.67. The Bertz CT molecular complexity index is 1080. The quantitative estimate of drug-likeness (QED) is 0.351. The van der Waals surface area contributed by atoms with Crippen molar-refractivity contribution in [2.24, 2.45) is 0 Å². The van der Waals surface area contributed by atoms with E-state index in [2.05, 4.69) is 4.72 Å². The SMILES string of the molecule is COc1cccc(C(OS(C)(=O)=O)C(C)NS(=O)(=O)c2ccc([N+](=O)[O-])cc2)c1. The smallest absolute Gasteiger partial charge is 0.269 e. The molecule has 0 aliphatic rings. The third-order valence-corrected chi connectivity index (χ3v) is 5.99. The monoisotopic (exact) mass is 444 g/mol. The standard InChI is InChI=1S/C17H20N2O8S2/c1-12(18-29(24,25)16-9-7-14(8-10-16)19(20)21)17(27-28(3,22)23)13-5-4-6-15(11-13)26-2/h4-12,17-18H,1-3H3. The van der Waals surface area contributed by atoms with Crippen molar-refractivity contribution >= 4 is 25.8 Å². The van der Waals surface area contributed by atoms with Crippen molar-refractivity contribution in [1.82, 2.24) is 4.72 Å². The molecular weight excluding hydrogens is 424 g/mol. The van der Waals surface area contributed by atoms with Crippen molar-refractivity contribution in [3.05, 3.63) is 64.2 Å². The lowest BCUT2D eigenvalue weighted by atomic mass is 10.0. The minimum Gasteiger partial charge on any atom is -0.497 e. The van der Waals surface area contributed by atoms with Crippen LogP contribution in [0.5, 0.6) is 5.75 Å². The van der Waals surface area contributed by atoms with Crippen LogP contribution in [0.15, 0.2) is 53.4 Å². The summed E-state index contributed by atoms with van der Waals surface area (Å²) in [7, 11) is -6.59. The number of nitrogens with zero attached hydrogens (tertiary/aromatic N) is 1. The van der Waals surface area contributed by atoms with Crippen LogP contribution in [0.3, 0.4) is 0 Å². The molecule has 10 nitrogen and oxygen atoms in total. The highest BCUT2D eigenvalue weighted by Crippen LogP contribution is 2.27. The van der Waals surface area contributed by atoms with Crippen LogP contribution in [0.4, 0.5) is 5.69 Å². The van der Waals surface area contributed by atoms with Gasteiger partial charge in [0.05, 0.1) is 29.2 Å². The molecule has 0 saturated carbocycles. The lowest BCUT2D eigenvalue weighted by Crippen LogP contribution is -2.38. The second kappa shape index (κ2) is 8.86. The molecule has 2 aromatic carbocycles. The van der Waals surface area contributed by atoms with Gasteiger partial charge < -0.3 is 4.74 Å². The Morgan fingerprint density at radius 2 is 1.69 bits per heavy atom. The molecule has 0 radical (unpaired) electrons. The molecule has 1 N–H and O–H groups in total. The molecule has 0 amide bonds. The van der Waals surface area contributed by atoms with E-state index < -0.39 is 37.2 Å². The van der Waals surface area contributed by atoms with Gasteiger partial charge in [0.2, 0.25) is 10.0 Å². The molecule has 0 aliphatic heterocycles. The van der Waals surface area contributed by atoms with E-state index in [9.17, 15) is 26.9 Å². The largest absolute Gasteiger partial charge is 0.497 e. The fourth-order valence-electron chi connectivity index (χ4n) is 2.56. The van der Waals surface area contributed by atoms with Crippen LogP contribution >= 0.6 is 0 Å². The number of hydrogen-bond acceptors (Lipinski definition) is 8. The second-order valence-electron chi connectivity index (χ2n) is 6.16. The van der Waals surface area contributed by atoms with E-state index in [0.29, 0.717) is 11.3 Å². The lowest BCUT2D eigenvalue weighted by molar-refractivity contribution is -0.384. The number of hydrogen-bond donors (Lipinski definition) is 1. The minimum absolute atomic E-state index is 0.210. The van der Waals surface area contributed by atoms with E-state index in [1.807, 2.05) is 0 Å². The molecule has 0 fully saturated rings. The summed E-state index contributed by atoms with van der Waals surface area (Å²) in [5.41, 5.74) is 0.125. The number of ether oxygens (including phenoxy) is 1. The first-order chi connectivity index (χ1) is 13.4. The van der Waals surface area contributed by atoms with E-state index in [4.69, 9.17) is 8.92 Å². The molecule has 2 rings (SSSR count). The third-order valence-electron chi connectivity index (χ3n) is 3.85. The van der Waals surface area contributed by atoms with Crippen LogP contribution in [0, 0.1) is 10.1 Å². The topological polar surface area (TPSA) is 142 Å². The Morgan fingerprint density at radius 1 is 1.07 bits per heavy atom. The number of non-ortho nitro benzene ring substituents is 1. The van der Waals surface area contributed by atoms with Crippen LogP contribution in [-0.2, 0) is 24.3 Å². The number of nitro benzene ring substituents is 1. The summed E-state index contributed by atoms with van der Waals surface area (Å²) in [5.74, 6) is 0.440. The molecule has 0 aliphatic carbocycles. The number of nitrogens with one attached hydrogen (secondary N) is 1. The van der Waals surface area contributed by atoms with Gasteiger partial charge in [-0.3, -0.25) is 14.3 Å². The van der Waals surface area contributed by atoms with Crippen molar-refractivity contribution < 1.29 is 30.7 Å². The summed E-state index contributed by atoms with van der Waals surface area (Å²) >= 11 is 0. The Kier molecular flexibility index (Phi) is 6.95. The molecule has 0 heterocycles. The number of rotatable bonds is 9. The highest BCUT2D eigenvalue weighted by atomic mass is 32.2. The highest BCUT2D eigenvalue weighted by molar-refractivity contribution is 7.89. The van der Waals surface area contributed by atoms with Crippen LogP contribution in [-0.4, -0.2) is 41.2 Å². The molecule has 0 saturated heterocycles. The predicted molar refractivity (Wildman–Crippen MR) is 105 cm³/mol. The van der Waals surface area contributed by atoms with Crippen LogP contribution in [0.2, 0.25) is 0 Å². The molecule has 0 bridgehead atoms. The van der Waals surface area contributed by atoms with Gasteiger partial charge in [-0.1, -0.05) is 12.1 Å². The molecule has 0 aromatic heterocycles. The summed E-state index contributed by atoms with van der Waals surface area (Å²) < 4.78 is 61.3.